The van der Waals surface area contributed by atoms with Crippen LogP contribution in [0.25, 0.3) is 11.4 Å². The van der Waals surface area contributed by atoms with E-state index in [9.17, 15) is 4.79 Å². The topological polar surface area (TPSA) is 80.0 Å². The number of amides is 1. The molecular weight excluding hydrogens is 422 g/mol. The first-order chi connectivity index (χ1) is 14.7. The molecule has 1 amide bonds. The largest absolute Gasteiger partial charge is 0.338 e. The van der Waals surface area contributed by atoms with Crippen molar-refractivity contribution in [2.45, 2.75) is 18.6 Å². The lowest BCUT2D eigenvalue weighted by Crippen LogP contribution is -2.49. The molecule has 0 N–H and O–H groups in total. The Labute approximate surface area is 184 Å². The van der Waals surface area contributed by atoms with Crippen LogP contribution in [0.5, 0.6) is 0 Å². The summed E-state index contributed by atoms with van der Waals surface area (Å²) in [5.41, 5.74) is 0.950. The number of benzene rings is 1. The van der Waals surface area contributed by atoms with Crippen molar-refractivity contribution in [3.63, 3.8) is 0 Å². The summed E-state index contributed by atoms with van der Waals surface area (Å²) in [6.45, 7) is 5.54. The number of hydrogen-bond donors (Lipinski definition) is 0. The molecule has 0 atom stereocenters. The van der Waals surface area contributed by atoms with Gasteiger partial charge in [0.15, 0.2) is 11.0 Å². The Bertz CT molecular complexity index is 988. The number of aromatic nitrogens is 5. The van der Waals surface area contributed by atoms with E-state index in [1.54, 1.807) is 18.5 Å². The maximum absolute atomic E-state index is 12.7. The summed E-state index contributed by atoms with van der Waals surface area (Å²) >= 11 is 7.40. The number of thioether (sulfide) groups is 1. The van der Waals surface area contributed by atoms with E-state index in [4.69, 9.17) is 11.6 Å². The zero-order valence-electron chi connectivity index (χ0n) is 16.6. The summed E-state index contributed by atoms with van der Waals surface area (Å²) in [7, 11) is 0. The number of piperazine rings is 1. The summed E-state index contributed by atoms with van der Waals surface area (Å²) in [5, 5.41) is 10.1. The van der Waals surface area contributed by atoms with E-state index in [1.807, 2.05) is 40.7 Å². The van der Waals surface area contributed by atoms with Gasteiger partial charge in [-0.3, -0.25) is 4.79 Å². The molecule has 30 heavy (non-hydrogen) atoms. The van der Waals surface area contributed by atoms with E-state index in [-0.39, 0.29) is 5.91 Å². The molecule has 0 radical (unpaired) electrons. The van der Waals surface area contributed by atoms with Crippen LogP contribution in [0.3, 0.4) is 0 Å². The first kappa shape index (κ1) is 20.6. The van der Waals surface area contributed by atoms with Crippen molar-refractivity contribution < 1.29 is 4.79 Å². The van der Waals surface area contributed by atoms with Gasteiger partial charge < -0.3 is 14.4 Å². The lowest BCUT2D eigenvalue weighted by Gasteiger charge is -2.34. The molecule has 8 nitrogen and oxygen atoms in total. The number of anilines is 1. The molecule has 3 aromatic rings. The summed E-state index contributed by atoms with van der Waals surface area (Å²) < 4.78 is 2.02. The van der Waals surface area contributed by atoms with Gasteiger partial charge in [0.25, 0.3) is 0 Å². The highest BCUT2D eigenvalue weighted by Gasteiger charge is 2.23. The van der Waals surface area contributed by atoms with Gasteiger partial charge in [-0.25, -0.2) is 9.97 Å². The summed E-state index contributed by atoms with van der Waals surface area (Å²) in [6, 6.07) is 9.32. The fraction of sp³-hybridized carbons (Fsp3) is 0.350. The molecule has 1 aromatic carbocycles. The minimum Gasteiger partial charge on any atom is -0.338 e. The van der Waals surface area contributed by atoms with E-state index in [2.05, 4.69) is 25.1 Å². The second-order valence-corrected chi connectivity index (χ2v) is 8.14. The Kier molecular flexibility index (Phi) is 6.49. The maximum atomic E-state index is 12.7. The molecule has 10 heteroatoms. The Morgan fingerprint density at radius 2 is 1.77 bits per heavy atom. The smallest absolute Gasteiger partial charge is 0.233 e. The predicted molar refractivity (Wildman–Crippen MR) is 118 cm³/mol. The van der Waals surface area contributed by atoms with Gasteiger partial charge in [-0.15, -0.1) is 10.2 Å². The molecule has 4 rings (SSSR count). The first-order valence-electron chi connectivity index (χ1n) is 9.77. The van der Waals surface area contributed by atoms with Gasteiger partial charge in [-0.05, 0) is 37.3 Å². The molecule has 1 aliphatic rings. The molecule has 1 saturated heterocycles. The average Bonchev–Trinajstić information content (AvgIpc) is 3.21. The van der Waals surface area contributed by atoms with E-state index in [0.717, 1.165) is 36.2 Å². The lowest BCUT2D eigenvalue weighted by molar-refractivity contribution is -0.128. The van der Waals surface area contributed by atoms with Crippen molar-refractivity contribution in [2.24, 2.45) is 0 Å². The standard InChI is InChI=1S/C20H22ClN7OS/c1-2-28-18(15-4-6-16(21)7-5-15)24-25-20(28)30-14-17(29)26-10-12-27(13-11-26)19-22-8-3-9-23-19/h3-9H,2,10-14H2,1H3. The van der Waals surface area contributed by atoms with Crippen molar-refractivity contribution in [2.75, 3.05) is 36.8 Å². The third kappa shape index (κ3) is 4.57. The Hall–Kier alpha value is -2.65. The molecular formula is C20H22ClN7OS. The van der Waals surface area contributed by atoms with Crippen LogP contribution in [0, 0.1) is 0 Å². The van der Waals surface area contributed by atoms with Crippen molar-refractivity contribution in [3.05, 3.63) is 47.7 Å². The van der Waals surface area contributed by atoms with E-state index in [0.29, 0.717) is 29.8 Å². The number of rotatable bonds is 6. The molecule has 1 fully saturated rings. The first-order valence-corrected chi connectivity index (χ1v) is 11.1. The van der Waals surface area contributed by atoms with Crippen LogP contribution in [0.1, 0.15) is 6.92 Å². The number of carbonyl (C=O) groups is 1. The Morgan fingerprint density at radius 1 is 1.07 bits per heavy atom. The fourth-order valence-electron chi connectivity index (χ4n) is 3.32. The second kappa shape index (κ2) is 9.44. The fourth-order valence-corrected chi connectivity index (χ4v) is 4.35. The van der Waals surface area contributed by atoms with E-state index >= 15 is 0 Å². The highest BCUT2D eigenvalue weighted by Crippen LogP contribution is 2.25. The zero-order chi connectivity index (χ0) is 20.9. The average molecular weight is 444 g/mol. The molecule has 1 aliphatic heterocycles. The van der Waals surface area contributed by atoms with Crippen LogP contribution in [0.2, 0.25) is 5.02 Å². The minimum atomic E-state index is 0.104. The normalized spacial score (nSPS) is 14.2. The minimum absolute atomic E-state index is 0.104. The van der Waals surface area contributed by atoms with Gasteiger partial charge in [0.2, 0.25) is 11.9 Å². The summed E-state index contributed by atoms with van der Waals surface area (Å²) in [5.74, 6) is 1.93. The molecule has 0 spiro atoms. The highest BCUT2D eigenvalue weighted by atomic mass is 35.5. The second-order valence-electron chi connectivity index (χ2n) is 6.76. The van der Waals surface area contributed by atoms with Gasteiger partial charge in [-0.1, -0.05) is 23.4 Å². The molecule has 0 bridgehead atoms. The monoisotopic (exact) mass is 443 g/mol. The predicted octanol–water partition coefficient (Wildman–Crippen LogP) is 2.85. The van der Waals surface area contributed by atoms with Crippen LogP contribution >= 0.6 is 23.4 Å². The number of carbonyl (C=O) groups excluding carboxylic acids is 1. The summed E-state index contributed by atoms with van der Waals surface area (Å²) in [6.07, 6.45) is 3.47. The zero-order valence-corrected chi connectivity index (χ0v) is 18.2. The highest BCUT2D eigenvalue weighted by molar-refractivity contribution is 7.99. The van der Waals surface area contributed by atoms with Crippen LogP contribution in [-0.4, -0.2) is 67.5 Å². The Balaban J connectivity index is 1.35. The van der Waals surface area contributed by atoms with Gasteiger partial charge in [-0.2, -0.15) is 0 Å². The van der Waals surface area contributed by atoms with Crippen LogP contribution < -0.4 is 4.90 Å². The third-order valence-electron chi connectivity index (χ3n) is 4.93. The third-order valence-corrected chi connectivity index (χ3v) is 6.13. The molecule has 0 aliphatic carbocycles. The maximum Gasteiger partial charge on any atom is 0.233 e. The van der Waals surface area contributed by atoms with Crippen molar-refractivity contribution in [3.8, 4) is 11.4 Å². The number of nitrogens with zero attached hydrogens (tertiary/aromatic N) is 7. The van der Waals surface area contributed by atoms with Crippen molar-refractivity contribution in [1.29, 1.82) is 0 Å². The van der Waals surface area contributed by atoms with Gasteiger partial charge >= 0.3 is 0 Å². The molecule has 0 saturated carbocycles. The van der Waals surface area contributed by atoms with Gasteiger partial charge in [0, 0.05) is 55.7 Å². The van der Waals surface area contributed by atoms with Gasteiger partial charge in [0.1, 0.15) is 0 Å². The molecule has 3 heterocycles. The lowest BCUT2D eigenvalue weighted by atomic mass is 10.2. The van der Waals surface area contributed by atoms with Crippen LogP contribution in [0.15, 0.2) is 47.9 Å². The van der Waals surface area contributed by atoms with Crippen LogP contribution in [0.4, 0.5) is 5.95 Å². The van der Waals surface area contributed by atoms with Crippen molar-refractivity contribution in [1.82, 2.24) is 29.6 Å². The number of halogens is 1. The quantitative estimate of drug-likeness (QED) is 0.542. The van der Waals surface area contributed by atoms with Gasteiger partial charge in [0.05, 0.1) is 5.75 Å². The Morgan fingerprint density at radius 3 is 2.43 bits per heavy atom. The number of hydrogen-bond acceptors (Lipinski definition) is 7. The molecule has 156 valence electrons. The molecule has 0 unspecified atom stereocenters. The molecule has 2 aromatic heterocycles. The van der Waals surface area contributed by atoms with E-state index < -0.39 is 0 Å². The SMILES string of the molecule is CCn1c(SCC(=O)N2CCN(c3ncccn3)CC2)nnc1-c1ccc(Cl)cc1. The van der Waals surface area contributed by atoms with E-state index in [1.165, 1.54) is 11.8 Å². The summed E-state index contributed by atoms with van der Waals surface area (Å²) in [4.78, 5) is 25.3. The van der Waals surface area contributed by atoms with Crippen LogP contribution in [-0.2, 0) is 11.3 Å². The van der Waals surface area contributed by atoms with Crippen molar-refractivity contribution >= 4 is 35.2 Å².